The van der Waals surface area contributed by atoms with E-state index in [1.54, 1.807) is 0 Å². The fourth-order valence-corrected chi connectivity index (χ4v) is 2.85. The maximum absolute atomic E-state index is 4.53. The van der Waals surface area contributed by atoms with E-state index in [0.717, 1.165) is 12.4 Å². The highest BCUT2D eigenvalue weighted by atomic mass is 32.2. The number of anilines is 1. The summed E-state index contributed by atoms with van der Waals surface area (Å²) in [7, 11) is 0. The molecular formula is C16H28N2S. The Morgan fingerprint density at radius 3 is 2.16 bits per heavy atom. The van der Waals surface area contributed by atoms with Crippen molar-refractivity contribution >= 4 is 17.6 Å². The Morgan fingerprint density at radius 1 is 1.16 bits per heavy atom. The van der Waals surface area contributed by atoms with Crippen molar-refractivity contribution in [3.8, 4) is 0 Å². The first-order valence-corrected chi connectivity index (χ1v) is 8.35. The van der Waals surface area contributed by atoms with Gasteiger partial charge >= 0.3 is 0 Å². The number of thioether (sulfide) groups is 1. The van der Waals surface area contributed by atoms with Gasteiger partial charge in [0.15, 0.2) is 0 Å². The lowest BCUT2D eigenvalue weighted by Gasteiger charge is -2.30. The van der Waals surface area contributed by atoms with E-state index in [1.165, 1.54) is 18.4 Å². The van der Waals surface area contributed by atoms with Crippen molar-refractivity contribution < 1.29 is 0 Å². The third-order valence-corrected chi connectivity index (χ3v) is 5.53. The predicted molar refractivity (Wildman–Crippen MR) is 88.3 cm³/mol. The Balaban J connectivity index is 2.69. The molecule has 1 aromatic rings. The van der Waals surface area contributed by atoms with Crippen LogP contribution in [-0.4, -0.2) is 22.5 Å². The molecule has 0 atom stereocenters. The van der Waals surface area contributed by atoms with E-state index in [9.17, 15) is 0 Å². The van der Waals surface area contributed by atoms with Crippen molar-refractivity contribution in [2.75, 3.05) is 18.1 Å². The first kappa shape index (κ1) is 16.4. The van der Waals surface area contributed by atoms with Gasteiger partial charge in [0.1, 0.15) is 5.82 Å². The first-order valence-electron chi connectivity index (χ1n) is 7.12. The Bertz CT molecular complexity index is 366. The molecule has 1 N–H and O–H groups in total. The summed E-state index contributed by atoms with van der Waals surface area (Å²) in [6.07, 6.45) is 6.54. The van der Waals surface area contributed by atoms with E-state index in [0.29, 0.717) is 4.75 Å². The third-order valence-electron chi connectivity index (χ3n) is 3.94. The molecule has 0 aliphatic rings. The van der Waals surface area contributed by atoms with Crippen molar-refractivity contribution in [1.29, 1.82) is 0 Å². The SMILES string of the molecule is CCC(CC)(CNc1ccc(C(C)(C)C)cn1)SC. The minimum atomic E-state index is 0.168. The van der Waals surface area contributed by atoms with Gasteiger partial charge in [-0.05, 0) is 36.1 Å². The van der Waals surface area contributed by atoms with E-state index >= 15 is 0 Å². The summed E-state index contributed by atoms with van der Waals surface area (Å²) in [5.41, 5.74) is 1.45. The molecule has 108 valence electrons. The zero-order valence-corrected chi connectivity index (χ0v) is 14.0. The topological polar surface area (TPSA) is 24.9 Å². The summed E-state index contributed by atoms with van der Waals surface area (Å²) >= 11 is 1.95. The van der Waals surface area contributed by atoms with Gasteiger partial charge in [0, 0.05) is 17.5 Å². The van der Waals surface area contributed by atoms with E-state index in [4.69, 9.17) is 0 Å². The summed E-state index contributed by atoms with van der Waals surface area (Å²) in [6.45, 7) is 12.1. The smallest absolute Gasteiger partial charge is 0.125 e. The van der Waals surface area contributed by atoms with Gasteiger partial charge in [-0.25, -0.2) is 4.98 Å². The molecule has 1 aromatic heterocycles. The normalized spacial score (nSPS) is 12.5. The van der Waals surface area contributed by atoms with Crippen LogP contribution in [0, 0.1) is 0 Å². The lowest BCUT2D eigenvalue weighted by molar-refractivity contribution is 0.573. The van der Waals surface area contributed by atoms with Crippen molar-refractivity contribution in [2.24, 2.45) is 0 Å². The summed E-state index contributed by atoms with van der Waals surface area (Å²) in [6, 6.07) is 4.27. The lowest BCUT2D eigenvalue weighted by Crippen LogP contribution is -2.32. The standard InChI is InChI=1S/C16H28N2S/c1-7-16(8-2,19-6)12-18-14-10-9-13(11-17-14)15(3,4)5/h9-11H,7-8,12H2,1-6H3,(H,17,18). The highest BCUT2D eigenvalue weighted by Crippen LogP contribution is 2.30. The van der Waals surface area contributed by atoms with Gasteiger partial charge in [-0.2, -0.15) is 11.8 Å². The first-order chi connectivity index (χ1) is 8.87. The van der Waals surface area contributed by atoms with E-state index in [2.05, 4.69) is 63.3 Å². The number of nitrogens with one attached hydrogen (secondary N) is 1. The Labute approximate surface area is 122 Å². The van der Waals surface area contributed by atoms with Gasteiger partial charge in [-0.1, -0.05) is 40.7 Å². The zero-order valence-electron chi connectivity index (χ0n) is 13.2. The van der Waals surface area contributed by atoms with E-state index < -0.39 is 0 Å². The molecule has 1 rings (SSSR count). The molecule has 0 saturated carbocycles. The molecule has 0 radical (unpaired) electrons. The molecule has 1 heterocycles. The summed E-state index contributed by atoms with van der Waals surface area (Å²) in [4.78, 5) is 4.53. The quantitative estimate of drug-likeness (QED) is 0.816. The van der Waals surface area contributed by atoms with Crippen LogP contribution in [0.1, 0.15) is 53.0 Å². The number of rotatable bonds is 6. The van der Waals surface area contributed by atoms with Gasteiger partial charge < -0.3 is 5.32 Å². The number of hydrogen-bond acceptors (Lipinski definition) is 3. The Morgan fingerprint density at radius 2 is 1.79 bits per heavy atom. The Kier molecular flexibility index (Phi) is 5.72. The fourth-order valence-electron chi connectivity index (χ4n) is 2.05. The molecule has 0 unspecified atom stereocenters. The Hall–Kier alpha value is -0.700. The fraction of sp³-hybridized carbons (Fsp3) is 0.688. The predicted octanol–water partition coefficient (Wildman–Crippen LogP) is 4.71. The van der Waals surface area contributed by atoms with E-state index in [-0.39, 0.29) is 5.41 Å². The van der Waals surface area contributed by atoms with Crippen LogP contribution in [-0.2, 0) is 5.41 Å². The van der Waals surface area contributed by atoms with Crippen LogP contribution in [0.15, 0.2) is 18.3 Å². The van der Waals surface area contributed by atoms with Crippen LogP contribution in [0.3, 0.4) is 0 Å². The summed E-state index contributed by atoms with van der Waals surface area (Å²) < 4.78 is 0.324. The molecule has 0 spiro atoms. The number of nitrogens with zero attached hydrogens (tertiary/aromatic N) is 1. The van der Waals surface area contributed by atoms with Gasteiger partial charge in [0.25, 0.3) is 0 Å². The maximum Gasteiger partial charge on any atom is 0.125 e. The monoisotopic (exact) mass is 280 g/mol. The van der Waals surface area contributed by atoms with Gasteiger partial charge in [0.2, 0.25) is 0 Å². The average Bonchev–Trinajstić information content (AvgIpc) is 2.40. The summed E-state index contributed by atoms with van der Waals surface area (Å²) in [5.74, 6) is 0.980. The molecule has 0 aromatic carbocycles. The summed E-state index contributed by atoms with van der Waals surface area (Å²) in [5, 5.41) is 3.49. The zero-order chi connectivity index (χ0) is 14.5. The van der Waals surface area contributed by atoms with Crippen LogP contribution < -0.4 is 5.32 Å². The largest absolute Gasteiger partial charge is 0.369 e. The molecule has 0 aliphatic carbocycles. The number of aromatic nitrogens is 1. The number of pyridine rings is 1. The van der Waals surface area contributed by atoms with Crippen LogP contribution in [0.25, 0.3) is 0 Å². The molecule has 3 heteroatoms. The second kappa shape index (κ2) is 6.65. The van der Waals surface area contributed by atoms with Gasteiger partial charge in [-0.3, -0.25) is 0 Å². The van der Waals surface area contributed by atoms with Crippen LogP contribution >= 0.6 is 11.8 Å². The maximum atomic E-state index is 4.53. The minimum Gasteiger partial charge on any atom is -0.369 e. The molecule has 19 heavy (non-hydrogen) atoms. The molecule has 0 fully saturated rings. The molecule has 2 nitrogen and oxygen atoms in total. The highest BCUT2D eigenvalue weighted by molar-refractivity contribution is 8.00. The molecular weight excluding hydrogens is 252 g/mol. The molecule has 0 bridgehead atoms. The van der Waals surface area contributed by atoms with Crippen molar-refractivity contribution in [3.05, 3.63) is 23.9 Å². The third kappa shape index (κ3) is 4.41. The second-order valence-electron chi connectivity index (χ2n) is 6.13. The average molecular weight is 280 g/mol. The van der Waals surface area contributed by atoms with Crippen LogP contribution in [0.2, 0.25) is 0 Å². The van der Waals surface area contributed by atoms with Crippen LogP contribution in [0.4, 0.5) is 5.82 Å². The molecule has 0 saturated heterocycles. The molecule has 0 amide bonds. The van der Waals surface area contributed by atoms with Crippen LogP contribution in [0.5, 0.6) is 0 Å². The van der Waals surface area contributed by atoms with E-state index in [1.807, 2.05) is 18.0 Å². The van der Waals surface area contributed by atoms with Gasteiger partial charge in [0.05, 0.1) is 0 Å². The van der Waals surface area contributed by atoms with Crippen molar-refractivity contribution in [2.45, 2.75) is 57.6 Å². The molecule has 0 aliphatic heterocycles. The minimum absolute atomic E-state index is 0.168. The second-order valence-corrected chi connectivity index (χ2v) is 7.40. The van der Waals surface area contributed by atoms with Crippen molar-refractivity contribution in [3.63, 3.8) is 0 Å². The lowest BCUT2D eigenvalue weighted by atomic mass is 9.88. The van der Waals surface area contributed by atoms with Gasteiger partial charge in [-0.15, -0.1) is 0 Å². The van der Waals surface area contributed by atoms with Crippen molar-refractivity contribution in [1.82, 2.24) is 4.98 Å². The number of hydrogen-bond donors (Lipinski definition) is 1. The highest BCUT2D eigenvalue weighted by Gasteiger charge is 2.24.